The number of nitrogens with one attached hydrogen (secondary N) is 3. The van der Waals surface area contributed by atoms with Gasteiger partial charge in [-0.25, -0.2) is 0 Å². The van der Waals surface area contributed by atoms with Crippen LogP contribution >= 0.6 is 34.5 Å². The van der Waals surface area contributed by atoms with Crippen LogP contribution in [-0.2, 0) is 4.79 Å². The average molecular weight is 374 g/mol. The first-order valence-electron chi connectivity index (χ1n) is 6.42. The lowest BCUT2D eigenvalue weighted by molar-refractivity contribution is -0.120. The van der Waals surface area contributed by atoms with E-state index < -0.39 is 11.8 Å². The number of carbonyl (C=O) groups excluding carboxylic acids is 2. The minimum absolute atomic E-state index is 0.0429. The number of thiophene rings is 1. The third-order valence-corrected chi connectivity index (χ3v) is 4.25. The highest BCUT2D eigenvalue weighted by atomic mass is 35.5. The summed E-state index contributed by atoms with van der Waals surface area (Å²) in [6.45, 7) is -0.0429. The molecule has 0 spiro atoms. The fraction of sp³-hybridized carbons (Fsp3) is 0.143. The van der Waals surface area contributed by atoms with Crippen molar-refractivity contribution in [3.63, 3.8) is 0 Å². The molecule has 1 aromatic heterocycles. The molecule has 0 saturated heterocycles. The van der Waals surface area contributed by atoms with Crippen LogP contribution in [0.15, 0.2) is 30.3 Å². The summed E-state index contributed by atoms with van der Waals surface area (Å²) in [6.07, 6.45) is 0. The normalized spacial score (nSPS) is 10.0. The first-order valence-corrected chi connectivity index (χ1v) is 7.99. The van der Waals surface area contributed by atoms with Crippen LogP contribution in [0.25, 0.3) is 0 Å². The van der Waals surface area contributed by atoms with Crippen molar-refractivity contribution in [2.45, 2.75) is 0 Å². The number of benzene rings is 1. The Hall–Kier alpha value is -1.96. The van der Waals surface area contributed by atoms with Gasteiger partial charge in [-0.1, -0.05) is 35.3 Å². The number of hydrazine groups is 1. The number of hydrogen-bond donors (Lipinski definition) is 3. The second kappa shape index (κ2) is 8.05. The number of halogens is 2. The first kappa shape index (κ1) is 17.4. The van der Waals surface area contributed by atoms with Gasteiger partial charge in [0.25, 0.3) is 11.8 Å². The highest BCUT2D eigenvalue weighted by Crippen LogP contribution is 2.30. The minimum atomic E-state index is -0.538. The van der Waals surface area contributed by atoms with Crippen molar-refractivity contribution in [1.82, 2.24) is 10.9 Å². The van der Waals surface area contributed by atoms with E-state index in [4.69, 9.17) is 27.9 Å². The maximum absolute atomic E-state index is 11.9. The third kappa shape index (κ3) is 4.75. The van der Waals surface area contributed by atoms with E-state index >= 15 is 0 Å². The third-order valence-electron chi connectivity index (χ3n) is 2.76. The van der Waals surface area contributed by atoms with Gasteiger partial charge >= 0.3 is 0 Å². The zero-order chi connectivity index (χ0) is 16.8. The summed E-state index contributed by atoms with van der Waals surface area (Å²) in [6, 6.07) is 8.61. The molecule has 1 aromatic carbocycles. The first-order chi connectivity index (χ1) is 11.0. The van der Waals surface area contributed by atoms with Crippen molar-refractivity contribution in [2.24, 2.45) is 0 Å². The van der Waals surface area contributed by atoms with E-state index in [1.807, 2.05) is 12.1 Å². The number of rotatable bonds is 5. The highest BCUT2D eigenvalue weighted by Gasteiger charge is 2.14. The molecule has 0 atom stereocenters. The largest absolute Gasteiger partial charge is 0.495 e. The molecule has 2 rings (SSSR count). The molecule has 0 radical (unpaired) electrons. The lowest BCUT2D eigenvalue weighted by Crippen LogP contribution is -2.44. The average Bonchev–Trinajstić information content (AvgIpc) is 2.89. The summed E-state index contributed by atoms with van der Waals surface area (Å²) >= 11 is 12.7. The predicted octanol–water partition coefficient (Wildman–Crippen LogP) is 2.94. The van der Waals surface area contributed by atoms with Crippen LogP contribution in [0.1, 0.15) is 10.4 Å². The van der Waals surface area contributed by atoms with Crippen LogP contribution in [-0.4, -0.2) is 25.5 Å². The van der Waals surface area contributed by atoms with E-state index in [2.05, 4.69) is 16.2 Å². The Morgan fingerprint density at radius 2 is 1.96 bits per heavy atom. The van der Waals surface area contributed by atoms with Gasteiger partial charge < -0.3 is 10.1 Å². The summed E-state index contributed by atoms with van der Waals surface area (Å²) in [5.41, 5.74) is 5.44. The number of ether oxygens (including phenoxy) is 1. The zero-order valence-electron chi connectivity index (χ0n) is 12.0. The quantitative estimate of drug-likeness (QED) is 0.704. The van der Waals surface area contributed by atoms with Gasteiger partial charge in [-0.2, -0.15) is 0 Å². The van der Waals surface area contributed by atoms with E-state index in [0.717, 1.165) is 11.3 Å². The molecule has 1 heterocycles. The monoisotopic (exact) mass is 373 g/mol. The van der Waals surface area contributed by atoms with Crippen molar-refractivity contribution >= 4 is 52.0 Å². The highest BCUT2D eigenvalue weighted by molar-refractivity contribution is 7.20. The Balaban J connectivity index is 1.83. The molecule has 0 saturated carbocycles. The molecule has 0 unspecified atom stereocenters. The van der Waals surface area contributed by atoms with Gasteiger partial charge in [0.2, 0.25) is 0 Å². The molecule has 3 N–H and O–H groups in total. The zero-order valence-corrected chi connectivity index (χ0v) is 14.3. The van der Waals surface area contributed by atoms with Crippen molar-refractivity contribution in [3.8, 4) is 5.75 Å². The maximum atomic E-state index is 11.9. The van der Waals surface area contributed by atoms with Crippen LogP contribution in [0.3, 0.4) is 0 Å². The summed E-state index contributed by atoms with van der Waals surface area (Å²) in [4.78, 5) is 23.6. The smallest absolute Gasteiger partial charge is 0.272 e. The molecule has 0 fully saturated rings. The van der Waals surface area contributed by atoms with Crippen molar-refractivity contribution < 1.29 is 14.3 Å². The van der Waals surface area contributed by atoms with Crippen molar-refractivity contribution in [2.75, 3.05) is 19.0 Å². The van der Waals surface area contributed by atoms with Crippen LogP contribution in [0.4, 0.5) is 5.69 Å². The molecule has 2 aromatic rings. The number of methoxy groups -OCH3 is 1. The summed E-state index contributed by atoms with van der Waals surface area (Å²) < 4.78 is 5.81. The summed E-state index contributed by atoms with van der Waals surface area (Å²) in [5.74, 6) is -0.352. The number of hydrogen-bond acceptors (Lipinski definition) is 5. The maximum Gasteiger partial charge on any atom is 0.272 e. The van der Waals surface area contributed by atoms with Crippen molar-refractivity contribution in [1.29, 1.82) is 0 Å². The molecule has 122 valence electrons. The topological polar surface area (TPSA) is 79.5 Å². The fourth-order valence-corrected chi connectivity index (χ4v) is 3.16. The van der Waals surface area contributed by atoms with E-state index in [-0.39, 0.29) is 16.4 Å². The lowest BCUT2D eigenvalue weighted by atomic mass is 10.3. The second-order valence-electron chi connectivity index (χ2n) is 4.29. The van der Waals surface area contributed by atoms with Gasteiger partial charge in [0.1, 0.15) is 10.1 Å². The van der Waals surface area contributed by atoms with E-state index in [1.165, 1.54) is 13.2 Å². The predicted molar refractivity (Wildman–Crippen MR) is 91.4 cm³/mol. The van der Waals surface area contributed by atoms with Gasteiger partial charge in [0, 0.05) is 0 Å². The minimum Gasteiger partial charge on any atom is -0.495 e. The Kier molecular flexibility index (Phi) is 6.09. The molecule has 23 heavy (non-hydrogen) atoms. The van der Waals surface area contributed by atoms with Gasteiger partial charge in [-0.3, -0.25) is 20.4 Å². The Bertz CT molecular complexity index is 721. The molecule has 0 aliphatic rings. The van der Waals surface area contributed by atoms with Gasteiger partial charge in [-0.05, 0) is 18.2 Å². The molecule has 0 aliphatic carbocycles. The van der Waals surface area contributed by atoms with E-state index in [1.54, 1.807) is 12.1 Å². The summed E-state index contributed by atoms with van der Waals surface area (Å²) in [5, 5.41) is 2.91. The van der Waals surface area contributed by atoms with Crippen LogP contribution < -0.4 is 20.9 Å². The standard InChI is InChI=1S/C14H13Cl2N3O3S/c1-22-10-5-3-2-4-9(10)17-7-12(20)18-19-14(21)8-6-11(15)23-13(8)16/h2-6,17H,7H2,1H3,(H,18,20)(H,19,21). The fourth-order valence-electron chi connectivity index (χ4n) is 1.70. The molecular formula is C14H13Cl2N3O3S. The van der Waals surface area contributed by atoms with Gasteiger partial charge in [-0.15, -0.1) is 11.3 Å². The van der Waals surface area contributed by atoms with Crippen LogP contribution in [0.2, 0.25) is 8.67 Å². The van der Waals surface area contributed by atoms with E-state index in [9.17, 15) is 9.59 Å². The van der Waals surface area contributed by atoms with Crippen molar-refractivity contribution in [3.05, 3.63) is 44.6 Å². The Morgan fingerprint density at radius 3 is 2.61 bits per heavy atom. The molecule has 9 heteroatoms. The number of para-hydroxylation sites is 2. The molecule has 6 nitrogen and oxygen atoms in total. The SMILES string of the molecule is COc1ccccc1NCC(=O)NNC(=O)c1cc(Cl)sc1Cl. The lowest BCUT2D eigenvalue weighted by Gasteiger charge is -2.11. The van der Waals surface area contributed by atoms with E-state index in [0.29, 0.717) is 15.8 Å². The molecule has 0 bridgehead atoms. The van der Waals surface area contributed by atoms with Gasteiger partial charge in [0.05, 0.1) is 29.2 Å². The number of carbonyl (C=O) groups is 2. The number of anilines is 1. The Labute approximate surface area is 146 Å². The van der Waals surface area contributed by atoms with Gasteiger partial charge in [0.15, 0.2) is 0 Å². The van der Waals surface area contributed by atoms with Crippen LogP contribution in [0, 0.1) is 0 Å². The van der Waals surface area contributed by atoms with Crippen LogP contribution in [0.5, 0.6) is 5.75 Å². The summed E-state index contributed by atoms with van der Waals surface area (Å²) in [7, 11) is 1.54. The Morgan fingerprint density at radius 1 is 1.22 bits per heavy atom. The molecule has 2 amide bonds. The molecule has 0 aliphatic heterocycles. The number of amides is 2. The molecular weight excluding hydrogens is 361 g/mol. The second-order valence-corrected chi connectivity index (χ2v) is 6.58.